The third kappa shape index (κ3) is 2.54. The number of carboxylic acid groups (broad SMARTS) is 1. The Morgan fingerprint density at radius 2 is 2.08 bits per heavy atom. The first kappa shape index (κ1) is 10.7. The fourth-order valence-corrected chi connectivity index (χ4v) is 1.95. The van der Waals surface area contributed by atoms with E-state index >= 15 is 0 Å². The van der Waals surface area contributed by atoms with E-state index in [0.717, 1.165) is 14.5 Å². The fraction of sp³-hybridized carbons (Fsp3) is 0.222. The highest BCUT2D eigenvalue weighted by molar-refractivity contribution is 9.11. The fourth-order valence-electron chi connectivity index (χ4n) is 0.979. The molecular weight excluding hydrogens is 300 g/mol. The van der Waals surface area contributed by atoms with Gasteiger partial charge in [-0.3, -0.25) is 4.79 Å². The highest BCUT2D eigenvalue weighted by Crippen LogP contribution is 2.28. The van der Waals surface area contributed by atoms with Crippen LogP contribution >= 0.6 is 31.9 Å². The van der Waals surface area contributed by atoms with Crippen LogP contribution in [0.15, 0.2) is 27.1 Å². The molecule has 1 unspecified atom stereocenters. The Morgan fingerprint density at radius 1 is 1.46 bits per heavy atom. The molecule has 0 heterocycles. The van der Waals surface area contributed by atoms with E-state index in [1.165, 1.54) is 0 Å². The normalized spacial score (nSPS) is 12.5. The number of carbonyl (C=O) groups is 1. The maximum absolute atomic E-state index is 10.7. The lowest BCUT2D eigenvalue weighted by Crippen LogP contribution is -2.07. The van der Waals surface area contributed by atoms with Gasteiger partial charge in [-0.1, -0.05) is 31.9 Å². The Balaban J connectivity index is 3.12. The molecule has 0 fully saturated rings. The van der Waals surface area contributed by atoms with Crippen molar-refractivity contribution in [3.05, 3.63) is 32.7 Å². The first-order valence-corrected chi connectivity index (χ1v) is 5.28. The molecule has 2 nitrogen and oxygen atoms in total. The van der Waals surface area contributed by atoms with Crippen LogP contribution in [-0.4, -0.2) is 11.1 Å². The van der Waals surface area contributed by atoms with E-state index in [1.54, 1.807) is 6.92 Å². The minimum atomic E-state index is -0.821. The predicted octanol–water partition coefficient (Wildman–Crippen LogP) is 3.40. The smallest absolute Gasteiger partial charge is 0.310 e. The van der Waals surface area contributed by atoms with Gasteiger partial charge in [-0.2, -0.15) is 0 Å². The second-order valence-electron chi connectivity index (χ2n) is 2.73. The highest BCUT2D eigenvalue weighted by Gasteiger charge is 2.16. The zero-order valence-electron chi connectivity index (χ0n) is 6.92. The van der Waals surface area contributed by atoms with Gasteiger partial charge in [-0.25, -0.2) is 0 Å². The number of aliphatic carboxylic acids is 1. The Morgan fingerprint density at radius 3 is 2.62 bits per heavy atom. The zero-order chi connectivity index (χ0) is 10.0. The Kier molecular flexibility index (Phi) is 3.50. The van der Waals surface area contributed by atoms with Gasteiger partial charge in [0.25, 0.3) is 0 Å². The lowest BCUT2D eigenvalue weighted by atomic mass is 10.0. The van der Waals surface area contributed by atoms with Crippen LogP contribution < -0.4 is 0 Å². The monoisotopic (exact) mass is 306 g/mol. The Labute approximate surface area is 93.2 Å². The molecule has 13 heavy (non-hydrogen) atoms. The van der Waals surface area contributed by atoms with Crippen molar-refractivity contribution in [2.45, 2.75) is 12.8 Å². The van der Waals surface area contributed by atoms with Crippen LogP contribution in [0, 0.1) is 0 Å². The largest absolute Gasteiger partial charge is 0.481 e. The second-order valence-corrected chi connectivity index (χ2v) is 4.50. The van der Waals surface area contributed by atoms with E-state index < -0.39 is 11.9 Å². The predicted molar refractivity (Wildman–Crippen MR) is 57.9 cm³/mol. The van der Waals surface area contributed by atoms with Crippen molar-refractivity contribution >= 4 is 37.8 Å². The Bertz CT molecular complexity index is 336. The van der Waals surface area contributed by atoms with E-state index in [2.05, 4.69) is 31.9 Å². The van der Waals surface area contributed by atoms with Crippen molar-refractivity contribution in [2.24, 2.45) is 0 Å². The average molecular weight is 308 g/mol. The van der Waals surface area contributed by atoms with Crippen LogP contribution in [0.3, 0.4) is 0 Å². The van der Waals surface area contributed by atoms with Crippen LogP contribution in [0.2, 0.25) is 0 Å². The van der Waals surface area contributed by atoms with Crippen LogP contribution in [0.5, 0.6) is 0 Å². The van der Waals surface area contributed by atoms with Gasteiger partial charge < -0.3 is 5.11 Å². The van der Waals surface area contributed by atoms with Gasteiger partial charge in [0.1, 0.15) is 0 Å². The van der Waals surface area contributed by atoms with Crippen molar-refractivity contribution < 1.29 is 9.90 Å². The Hall–Kier alpha value is -0.350. The van der Waals surface area contributed by atoms with Gasteiger partial charge in [0.2, 0.25) is 0 Å². The molecule has 1 aromatic carbocycles. The van der Waals surface area contributed by atoms with E-state index in [9.17, 15) is 4.79 Å². The van der Waals surface area contributed by atoms with Crippen molar-refractivity contribution in [3.63, 3.8) is 0 Å². The molecule has 0 aliphatic carbocycles. The quantitative estimate of drug-likeness (QED) is 0.909. The van der Waals surface area contributed by atoms with Crippen molar-refractivity contribution in [1.29, 1.82) is 0 Å². The third-order valence-corrected chi connectivity index (χ3v) is 3.01. The summed E-state index contributed by atoms with van der Waals surface area (Å²) >= 11 is 6.62. The summed E-state index contributed by atoms with van der Waals surface area (Å²) in [6.07, 6.45) is 0. The van der Waals surface area contributed by atoms with E-state index in [0.29, 0.717) is 0 Å². The van der Waals surface area contributed by atoms with Gasteiger partial charge in [-0.15, -0.1) is 0 Å². The molecule has 0 aromatic heterocycles. The summed E-state index contributed by atoms with van der Waals surface area (Å²) in [5.41, 5.74) is 0.780. The van der Waals surface area contributed by atoms with Gasteiger partial charge in [0, 0.05) is 8.95 Å². The summed E-state index contributed by atoms with van der Waals surface area (Å²) in [5.74, 6) is -1.31. The van der Waals surface area contributed by atoms with Crippen molar-refractivity contribution in [1.82, 2.24) is 0 Å². The number of benzene rings is 1. The number of halogens is 2. The average Bonchev–Trinajstić information content (AvgIpc) is 2.08. The molecule has 1 N–H and O–H groups in total. The highest BCUT2D eigenvalue weighted by atomic mass is 79.9. The number of hydrogen-bond donors (Lipinski definition) is 1. The van der Waals surface area contributed by atoms with E-state index in [4.69, 9.17) is 5.11 Å². The number of carboxylic acids is 1. The lowest BCUT2D eigenvalue weighted by molar-refractivity contribution is -0.138. The molecule has 0 aliphatic heterocycles. The maximum atomic E-state index is 10.7. The van der Waals surface area contributed by atoms with Crippen LogP contribution in [0.25, 0.3) is 0 Å². The molecule has 1 aromatic rings. The van der Waals surface area contributed by atoms with Gasteiger partial charge in [0.15, 0.2) is 0 Å². The summed E-state index contributed by atoms with van der Waals surface area (Å²) in [6, 6.07) is 5.50. The van der Waals surface area contributed by atoms with Crippen LogP contribution in [0.4, 0.5) is 0 Å². The summed E-state index contributed by atoms with van der Waals surface area (Å²) in [4.78, 5) is 10.7. The molecule has 0 bridgehead atoms. The zero-order valence-corrected chi connectivity index (χ0v) is 10.1. The first-order valence-electron chi connectivity index (χ1n) is 3.70. The molecular formula is C9H8Br2O2. The number of hydrogen-bond acceptors (Lipinski definition) is 1. The molecule has 1 rings (SSSR count). The van der Waals surface area contributed by atoms with Crippen molar-refractivity contribution in [3.8, 4) is 0 Å². The number of rotatable bonds is 2. The van der Waals surface area contributed by atoms with E-state index in [-0.39, 0.29) is 0 Å². The standard InChI is InChI=1S/C9H8Br2O2/c1-5(9(12)13)7-4-6(10)2-3-8(7)11/h2-5H,1H3,(H,12,13). The maximum Gasteiger partial charge on any atom is 0.310 e. The molecule has 1 atom stereocenters. The molecule has 0 radical (unpaired) electrons. The minimum Gasteiger partial charge on any atom is -0.481 e. The van der Waals surface area contributed by atoms with Gasteiger partial charge in [-0.05, 0) is 30.7 Å². The molecule has 4 heteroatoms. The summed E-state index contributed by atoms with van der Waals surface area (Å²) in [6.45, 7) is 1.66. The van der Waals surface area contributed by atoms with Gasteiger partial charge in [0.05, 0.1) is 5.92 Å². The van der Waals surface area contributed by atoms with Gasteiger partial charge >= 0.3 is 5.97 Å². The molecule has 70 valence electrons. The summed E-state index contributed by atoms with van der Waals surface area (Å²) in [7, 11) is 0. The third-order valence-electron chi connectivity index (χ3n) is 1.79. The summed E-state index contributed by atoms with van der Waals surface area (Å²) in [5, 5.41) is 8.81. The SMILES string of the molecule is CC(C(=O)O)c1cc(Br)ccc1Br. The minimum absolute atomic E-state index is 0.494. The van der Waals surface area contributed by atoms with Crippen LogP contribution in [0.1, 0.15) is 18.4 Å². The second kappa shape index (κ2) is 4.24. The van der Waals surface area contributed by atoms with Crippen LogP contribution in [-0.2, 0) is 4.79 Å². The molecule has 0 saturated carbocycles. The topological polar surface area (TPSA) is 37.3 Å². The van der Waals surface area contributed by atoms with Crippen molar-refractivity contribution in [2.75, 3.05) is 0 Å². The molecule has 0 saturated heterocycles. The van der Waals surface area contributed by atoms with E-state index in [1.807, 2.05) is 18.2 Å². The summed E-state index contributed by atoms with van der Waals surface area (Å²) < 4.78 is 1.71. The first-order chi connectivity index (χ1) is 6.02. The molecule has 0 aliphatic rings. The molecule has 0 amide bonds. The lowest BCUT2D eigenvalue weighted by Gasteiger charge is -2.09. The molecule has 0 spiro atoms.